The maximum absolute atomic E-state index is 10.4. The van der Waals surface area contributed by atoms with Crippen molar-refractivity contribution in [2.75, 3.05) is 30.5 Å². The number of hydrogen-bond donors (Lipinski definition) is 4. The average Bonchev–Trinajstić information content (AvgIpc) is 2.28. The van der Waals surface area contributed by atoms with Crippen LogP contribution in [0.25, 0.3) is 0 Å². The molecule has 0 spiro atoms. The van der Waals surface area contributed by atoms with Gasteiger partial charge in [-0.2, -0.15) is 4.98 Å². The molecule has 0 bridgehead atoms. The van der Waals surface area contributed by atoms with Crippen LogP contribution in [-0.2, 0) is 9.53 Å². The number of nitrogens with two attached hydrogens (primary N) is 2. The van der Waals surface area contributed by atoms with Crippen molar-refractivity contribution in [3.05, 3.63) is 12.3 Å². The molecule has 1 aromatic rings. The van der Waals surface area contributed by atoms with Crippen LogP contribution in [0.4, 0.5) is 11.8 Å². The third-order valence-corrected chi connectivity index (χ3v) is 1.58. The van der Waals surface area contributed by atoms with Gasteiger partial charge in [0.25, 0.3) is 0 Å². The molecule has 8 nitrogen and oxygen atoms in total. The molecule has 1 aromatic heterocycles. The number of anilines is 2. The van der Waals surface area contributed by atoms with Crippen LogP contribution in [-0.4, -0.2) is 35.6 Å². The molecule has 88 valence electrons. The second-order valence-corrected chi connectivity index (χ2v) is 2.86. The van der Waals surface area contributed by atoms with Crippen molar-refractivity contribution in [2.24, 2.45) is 11.6 Å². The van der Waals surface area contributed by atoms with Crippen molar-refractivity contribution in [1.29, 1.82) is 0 Å². The van der Waals surface area contributed by atoms with Crippen LogP contribution in [0.1, 0.15) is 0 Å². The highest BCUT2D eigenvalue weighted by molar-refractivity contribution is 5.74. The van der Waals surface area contributed by atoms with E-state index in [1.54, 1.807) is 12.3 Å². The number of nitrogen functional groups attached to an aromatic ring is 1. The fourth-order valence-corrected chi connectivity index (χ4v) is 0.951. The number of nitrogens with one attached hydrogen (secondary N) is 2. The van der Waals surface area contributed by atoms with Crippen LogP contribution in [0.3, 0.4) is 0 Å². The van der Waals surface area contributed by atoms with E-state index in [1.165, 1.54) is 0 Å². The van der Waals surface area contributed by atoms with Crippen LogP contribution >= 0.6 is 0 Å². The number of primary amides is 1. The van der Waals surface area contributed by atoms with Gasteiger partial charge in [0.1, 0.15) is 12.4 Å². The van der Waals surface area contributed by atoms with E-state index in [0.717, 1.165) is 0 Å². The lowest BCUT2D eigenvalue weighted by atomic mass is 10.5. The molecule has 1 heterocycles. The Bertz CT molecular complexity index is 345. The molecule has 0 aliphatic heterocycles. The number of carbonyl (C=O) groups is 1. The van der Waals surface area contributed by atoms with Crippen molar-refractivity contribution >= 4 is 17.7 Å². The molecule has 8 heteroatoms. The molecule has 0 fully saturated rings. The predicted molar refractivity (Wildman–Crippen MR) is 58.3 cm³/mol. The number of nitrogens with zero attached hydrogens (tertiary/aromatic N) is 2. The second kappa shape index (κ2) is 6.53. The van der Waals surface area contributed by atoms with Crippen LogP contribution in [0, 0.1) is 0 Å². The predicted octanol–water partition coefficient (Wildman–Crippen LogP) is -1.32. The zero-order valence-corrected chi connectivity index (χ0v) is 8.64. The quantitative estimate of drug-likeness (QED) is 0.258. The van der Waals surface area contributed by atoms with Gasteiger partial charge in [-0.25, -0.2) is 10.8 Å². The van der Waals surface area contributed by atoms with Crippen LogP contribution in [0.2, 0.25) is 0 Å². The molecule has 0 aromatic carbocycles. The van der Waals surface area contributed by atoms with Crippen molar-refractivity contribution < 1.29 is 9.53 Å². The first kappa shape index (κ1) is 12.1. The number of carbonyl (C=O) groups excluding carboxylic acids is 1. The van der Waals surface area contributed by atoms with E-state index in [4.69, 9.17) is 16.3 Å². The Morgan fingerprint density at radius 1 is 1.56 bits per heavy atom. The number of hydrogen-bond acceptors (Lipinski definition) is 7. The third-order valence-electron chi connectivity index (χ3n) is 1.58. The Labute approximate surface area is 92.4 Å². The van der Waals surface area contributed by atoms with E-state index in [0.29, 0.717) is 24.9 Å². The molecular weight excluding hydrogens is 212 g/mol. The minimum Gasteiger partial charge on any atom is -0.370 e. The van der Waals surface area contributed by atoms with Crippen LogP contribution < -0.4 is 22.3 Å². The summed E-state index contributed by atoms with van der Waals surface area (Å²) in [5.74, 6) is 5.60. The first-order chi connectivity index (χ1) is 7.72. The lowest BCUT2D eigenvalue weighted by molar-refractivity contribution is -0.122. The van der Waals surface area contributed by atoms with E-state index in [2.05, 4.69) is 20.7 Å². The summed E-state index contributed by atoms with van der Waals surface area (Å²) in [6.07, 6.45) is 1.56. The molecule has 0 aliphatic carbocycles. The summed E-state index contributed by atoms with van der Waals surface area (Å²) in [5.41, 5.74) is 7.23. The minimum atomic E-state index is -0.489. The van der Waals surface area contributed by atoms with E-state index in [1.807, 2.05) is 0 Å². The van der Waals surface area contributed by atoms with Gasteiger partial charge in [-0.15, -0.1) is 0 Å². The van der Waals surface area contributed by atoms with Crippen molar-refractivity contribution in [3.63, 3.8) is 0 Å². The molecule has 0 aliphatic rings. The maximum atomic E-state index is 10.4. The summed E-state index contributed by atoms with van der Waals surface area (Å²) in [6.45, 7) is 0.785. The van der Waals surface area contributed by atoms with Gasteiger partial charge in [0.2, 0.25) is 11.9 Å². The number of aromatic nitrogens is 2. The van der Waals surface area contributed by atoms with Gasteiger partial charge in [-0.1, -0.05) is 0 Å². The third kappa shape index (κ3) is 4.53. The summed E-state index contributed by atoms with van der Waals surface area (Å²) < 4.78 is 4.95. The maximum Gasteiger partial charge on any atom is 0.243 e. The van der Waals surface area contributed by atoms with Crippen LogP contribution in [0.15, 0.2) is 12.3 Å². The highest BCUT2D eigenvalue weighted by atomic mass is 16.5. The highest BCUT2D eigenvalue weighted by Gasteiger charge is 1.97. The minimum absolute atomic E-state index is 0.0823. The number of ether oxygens (including phenoxy) is 1. The summed E-state index contributed by atoms with van der Waals surface area (Å²) in [5, 5.41) is 2.97. The average molecular weight is 226 g/mol. The lowest BCUT2D eigenvalue weighted by Gasteiger charge is -2.06. The van der Waals surface area contributed by atoms with E-state index < -0.39 is 5.91 Å². The fourth-order valence-electron chi connectivity index (χ4n) is 0.951. The van der Waals surface area contributed by atoms with Gasteiger partial charge in [-0.05, 0) is 6.07 Å². The summed E-state index contributed by atoms with van der Waals surface area (Å²) >= 11 is 0. The Hall–Kier alpha value is -1.93. The van der Waals surface area contributed by atoms with Gasteiger partial charge in [0.15, 0.2) is 0 Å². The van der Waals surface area contributed by atoms with Gasteiger partial charge in [-0.3, -0.25) is 10.2 Å². The highest BCUT2D eigenvalue weighted by Crippen LogP contribution is 2.03. The first-order valence-electron chi connectivity index (χ1n) is 4.62. The molecule has 16 heavy (non-hydrogen) atoms. The molecule has 0 saturated heterocycles. The summed E-state index contributed by atoms with van der Waals surface area (Å²) in [6, 6.07) is 1.69. The second-order valence-electron chi connectivity index (χ2n) is 2.86. The Balaban J connectivity index is 2.23. The largest absolute Gasteiger partial charge is 0.370 e. The SMILES string of the molecule is NNc1nccc(NCCOCC(N)=O)n1. The number of amides is 1. The van der Waals surface area contributed by atoms with Gasteiger partial charge in [0, 0.05) is 12.7 Å². The molecule has 0 radical (unpaired) electrons. The van der Waals surface area contributed by atoms with Crippen molar-refractivity contribution in [3.8, 4) is 0 Å². The topological polar surface area (TPSA) is 128 Å². The Kier molecular flexibility index (Phi) is 4.96. The Morgan fingerprint density at radius 2 is 2.38 bits per heavy atom. The summed E-state index contributed by atoms with van der Waals surface area (Å²) in [7, 11) is 0. The Morgan fingerprint density at radius 3 is 3.06 bits per heavy atom. The van der Waals surface area contributed by atoms with Crippen molar-refractivity contribution in [1.82, 2.24) is 9.97 Å². The number of hydrazine groups is 1. The van der Waals surface area contributed by atoms with Gasteiger partial charge < -0.3 is 15.8 Å². The summed E-state index contributed by atoms with van der Waals surface area (Å²) in [4.78, 5) is 18.2. The first-order valence-corrected chi connectivity index (χ1v) is 4.62. The van der Waals surface area contributed by atoms with E-state index in [9.17, 15) is 4.79 Å². The zero-order valence-electron chi connectivity index (χ0n) is 8.64. The van der Waals surface area contributed by atoms with Crippen molar-refractivity contribution in [2.45, 2.75) is 0 Å². The van der Waals surface area contributed by atoms with Crippen LogP contribution in [0.5, 0.6) is 0 Å². The van der Waals surface area contributed by atoms with E-state index in [-0.39, 0.29) is 6.61 Å². The monoisotopic (exact) mass is 226 g/mol. The van der Waals surface area contributed by atoms with Gasteiger partial charge in [0.05, 0.1) is 6.61 Å². The molecule has 0 atom stereocenters. The number of rotatable bonds is 7. The molecule has 1 rings (SSSR count). The molecule has 0 unspecified atom stereocenters. The zero-order chi connectivity index (χ0) is 11.8. The fraction of sp³-hybridized carbons (Fsp3) is 0.375. The molecule has 6 N–H and O–H groups in total. The van der Waals surface area contributed by atoms with Gasteiger partial charge >= 0.3 is 0 Å². The standard InChI is InChI=1S/C8H14N6O2/c9-6(15)5-16-4-3-11-7-1-2-12-8(13-7)14-10/h1-2H,3-5,10H2,(H2,9,15)(H2,11,12,13,14). The normalized spacial score (nSPS) is 9.81. The van der Waals surface area contributed by atoms with E-state index >= 15 is 0 Å². The lowest BCUT2D eigenvalue weighted by Crippen LogP contribution is -2.21. The molecular formula is C8H14N6O2. The molecule has 0 saturated carbocycles. The molecule has 1 amide bonds. The smallest absolute Gasteiger partial charge is 0.243 e.